The standard InChI is InChI=1S/C11H12ClF2NO2/c1-3-17-9(16)5-7-8(12)4-6(2)15-10(7)11(13)14/h4,11H,3,5H2,1-2H3. The molecule has 0 aliphatic heterocycles. The van der Waals surface area contributed by atoms with E-state index in [2.05, 4.69) is 4.98 Å². The number of alkyl halides is 2. The van der Waals surface area contributed by atoms with Crippen LogP contribution in [-0.2, 0) is 16.0 Å². The molecule has 94 valence electrons. The predicted molar refractivity (Wildman–Crippen MR) is 59.3 cm³/mol. The van der Waals surface area contributed by atoms with Crippen LogP contribution in [0.2, 0.25) is 5.02 Å². The summed E-state index contributed by atoms with van der Waals surface area (Å²) < 4.78 is 30.2. The van der Waals surface area contributed by atoms with Gasteiger partial charge in [0.1, 0.15) is 5.69 Å². The second kappa shape index (κ2) is 5.91. The number of hydrogen-bond acceptors (Lipinski definition) is 3. The number of esters is 1. The zero-order chi connectivity index (χ0) is 13.0. The molecule has 1 aromatic heterocycles. The molecule has 17 heavy (non-hydrogen) atoms. The van der Waals surface area contributed by atoms with E-state index < -0.39 is 18.1 Å². The minimum atomic E-state index is -2.77. The Balaban J connectivity index is 3.08. The van der Waals surface area contributed by atoms with Crippen LogP contribution in [0, 0.1) is 6.92 Å². The van der Waals surface area contributed by atoms with Crippen molar-refractivity contribution in [3.05, 3.63) is 28.0 Å². The highest BCUT2D eigenvalue weighted by molar-refractivity contribution is 6.31. The molecule has 0 spiro atoms. The number of rotatable bonds is 4. The number of aromatic nitrogens is 1. The van der Waals surface area contributed by atoms with Gasteiger partial charge in [-0.3, -0.25) is 9.78 Å². The average molecular weight is 264 g/mol. The minimum absolute atomic E-state index is 0.0331. The molecule has 0 fully saturated rings. The molecule has 1 heterocycles. The lowest BCUT2D eigenvalue weighted by Gasteiger charge is -2.10. The fourth-order valence-corrected chi connectivity index (χ4v) is 1.72. The Labute approximate surface area is 103 Å². The van der Waals surface area contributed by atoms with Crippen molar-refractivity contribution < 1.29 is 18.3 Å². The summed E-state index contributed by atoms with van der Waals surface area (Å²) in [6.45, 7) is 3.40. The lowest BCUT2D eigenvalue weighted by molar-refractivity contribution is -0.142. The smallest absolute Gasteiger partial charge is 0.310 e. The quantitative estimate of drug-likeness (QED) is 0.784. The van der Waals surface area contributed by atoms with Crippen molar-refractivity contribution in [2.75, 3.05) is 6.61 Å². The van der Waals surface area contributed by atoms with E-state index in [1.54, 1.807) is 13.8 Å². The summed E-state index contributed by atoms with van der Waals surface area (Å²) in [5.74, 6) is -0.595. The molecule has 1 rings (SSSR count). The van der Waals surface area contributed by atoms with E-state index in [9.17, 15) is 13.6 Å². The van der Waals surface area contributed by atoms with Crippen molar-refractivity contribution in [2.24, 2.45) is 0 Å². The van der Waals surface area contributed by atoms with Gasteiger partial charge in [0.05, 0.1) is 13.0 Å². The zero-order valence-corrected chi connectivity index (χ0v) is 10.2. The van der Waals surface area contributed by atoms with Crippen LogP contribution < -0.4 is 0 Å². The molecule has 0 saturated heterocycles. The Hall–Kier alpha value is -1.23. The van der Waals surface area contributed by atoms with Crippen LogP contribution in [0.5, 0.6) is 0 Å². The second-order valence-electron chi connectivity index (χ2n) is 3.39. The summed E-state index contributed by atoms with van der Waals surface area (Å²) in [7, 11) is 0. The number of nitrogens with zero attached hydrogens (tertiary/aromatic N) is 1. The summed E-state index contributed by atoms with van der Waals surface area (Å²) in [6, 6.07) is 1.45. The van der Waals surface area contributed by atoms with Crippen molar-refractivity contribution in [3.63, 3.8) is 0 Å². The number of ether oxygens (including phenoxy) is 1. The maximum Gasteiger partial charge on any atom is 0.310 e. The molecular weight excluding hydrogens is 252 g/mol. The Morgan fingerprint density at radius 1 is 1.59 bits per heavy atom. The average Bonchev–Trinajstić information content (AvgIpc) is 2.21. The molecule has 0 unspecified atom stereocenters. The van der Waals surface area contributed by atoms with E-state index >= 15 is 0 Å². The van der Waals surface area contributed by atoms with Gasteiger partial charge in [0.2, 0.25) is 0 Å². The molecule has 0 aromatic carbocycles. The van der Waals surface area contributed by atoms with E-state index in [-0.39, 0.29) is 23.6 Å². The van der Waals surface area contributed by atoms with Gasteiger partial charge in [-0.2, -0.15) is 0 Å². The summed E-state index contributed by atoms with van der Waals surface area (Å²) in [5.41, 5.74) is -0.0355. The minimum Gasteiger partial charge on any atom is -0.466 e. The number of halogens is 3. The van der Waals surface area contributed by atoms with Crippen LogP contribution in [0.4, 0.5) is 8.78 Å². The van der Waals surface area contributed by atoms with Crippen LogP contribution >= 0.6 is 11.6 Å². The van der Waals surface area contributed by atoms with E-state index in [0.717, 1.165) is 0 Å². The first-order valence-electron chi connectivity index (χ1n) is 5.05. The SMILES string of the molecule is CCOC(=O)Cc1c(Cl)cc(C)nc1C(F)F. The van der Waals surface area contributed by atoms with Crippen molar-refractivity contribution in [1.29, 1.82) is 0 Å². The summed E-state index contributed by atoms with van der Waals surface area (Å²) in [5, 5.41) is 0.112. The third kappa shape index (κ3) is 3.63. The number of pyridine rings is 1. The largest absolute Gasteiger partial charge is 0.466 e. The Bertz CT molecular complexity index is 424. The molecule has 3 nitrogen and oxygen atoms in total. The highest BCUT2D eigenvalue weighted by Gasteiger charge is 2.21. The van der Waals surface area contributed by atoms with Gasteiger partial charge >= 0.3 is 5.97 Å². The zero-order valence-electron chi connectivity index (χ0n) is 9.47. The highest BCUT2D eigenvalue weighted by atomic mass is 35.5. The molecule has 1 aromatic rings. The summed E-state index contributed by atoms with van der Waals surface area (Å²) in [6.07, 6.45) is -3.06. The molecule has 0 N–H and O–H groups in total. The lowest BCUT2D eigenvalue weighted by atomic mass is 10.1. The summed E-state index contributed by atoms with van der Waals surface area (Å²) in [4.78, 5) is 15.0. The van der Waals surface area contributed by atoms with Gasteiger partial charge in [-0.25, -0.2) is 8.78 Å². The van der Waals surface area contributed by atoms with Crippen molar-refractivity contribution in [3.8, 4) is 0 Å². The van der Waals surface area contributed by atoms with E-state index in [4.69, 9.17) is 16.3 Å². The molecule has 0 saturated carbocycles. The predicted octanol–water partition coefficient (Wildman–Crippen LogP) is 3.09. The van der Waals surface area contributed by atoms with Crippen LogP contribution in [0.15, 0.2) is 6.07 Å². The van der Waals surface area contributed by atoms with Crippen molar-refractivity contribution in [1.82, 2.24) is 4.98 Å². The number of hydrogen-bond donors (Lipinski definition) is 0. The molecule has 0 bridgehead atoms. The lowest BCUT2D eigenvalue weighted by Crippen LogP contribution is -2.11. The third-order valence-corrected chi connectivity index (χ3v) is 2.40. The highest BCUT2D eigenvalue weighted by Crippen LogP contribution is 2.28. The fraction of sp³-hybridized carbons (Fsp3) is 0.455. The van der Waals surface area contributed by atoms with Gasteiger partial charge < -0.3 is 4.74 Å². The number of aryl methyl sites for hydroxylation is 1. The Morgan fingerprint density at radius 2 is 2.24 bits per heavy atom. The molecule has 6 heteroatoms. The van der Waals surface area contributed by atoms with Crippen molar-refractivity contribution in [2.45, 2.75) is 26.7 Å². The molecule has 0 aliphatic rings. The molecular formula is C11H12ClF2NO2. The van der Waals surface area contributed by atoms with E-state index in [1.165, 1.54) is 6.07 Å². The third-order valence-electron chi connectivity index (χ3n) is 2.06. The number of carbonyl (C=O) groups is 1. The van der Waals surface area contributed by atoms with Gasteiger partial charge in [0, 0.05) is 16.3 Å². The fourth-order valence-electron chi connectivity index (χ4n) is 1.39. The van der Waals surface area contributed by atoms with Gasteiger partial charge in [-0.05, 0) is 19.9 Å². The van der Waals surface area contributed by atoms with Crippen LogP contribution in [0.3, 0.4) is 0 Å². The normalized spacial score (nSPS) is 10.7. The Kier molecular flexibility index (Phi) is 4.81. The Morgan fingerprint density at radius 3 is 2.76 bits per heavy atom. The topological polar surface area (TPSA) is 39.2 Å². The van der Waals surface area contributed by atoms with Gasteiger partial charge in [-0.15, -0.1) is 0 Å². The van der Waals surface area contributed by atoms with Crippen LogP contribution in [0.1, 0.15) is 30.3 Å². The first-order valence-corrected chi connectivity index (χ1v) is 5.43. The van der Waals surface area contributed by atoms with Gasteiger partial charge in [0.15, 0.2) is 0 Å². The summed E-state index contributed by atoms with van der Waals surface area (Å²) >= 11 is 5.84. The molecule has 0 aliphatic carbocycles. The molecule has 0 radical (unpaired) electrons. The van der Waals surface area contributed by atoms with Gasteiger partial charge in [-0.1, -0.05) is 11.6 Å². The molecule has 0 atom stereocenters. The number of carbonyl (C=O) groups excluding carboxylic acids is 1. The first-order chi connectivity index (χ1) is 7.95. The maximum absolute atomic E-state index is 12.8. The van der Waals surface area contributed by atoms with E-state index in [0.29, 0.717) is 5.69 Å². The monoisotopic (exact) mass is 263 g/mol. The molecule has 0 amide bonds. The van der Waals surface area contributed by atoms with Crippen molar-refractivity contribution >= 4 is 17.6 Å². The van der Waals surface area contributed by atoms with E-state index in [1.807, 2.05) is 0 Å². The van der Waals surface area contributed by atoms with Crippen LogP contribution in [0.25, 0.3) is 0 Å². The van der Waals surface area contributed by atoms with Crippen LogP contribution in [-0.4, -0.2) is 17.6 Å². The first kappa shape index (κ1) is 13.8. The maximum atomic E-state index is 12.8. The van der Waals surface area contributed by atoms with Gasteiger partial charge in [0.25, 0.3) is 6.43 Å². The second-order valence-corrected chi connectivity index (χ2v) is 3.80.